The Bertz CT molecular complexity index is 153. The summed E-state index contributed by atoms with van der Waals surface area (Å²) in [6.45, 7) is 5.31. The Morgan fingerprint density at radius 2 is 2.23 bits per heavy atom. The van der Waals surface area contributed by atoms with E-state index in [-0.39, 0.29) is 6.04 Å². The van der Waals surface area contributed by atoms with Crippen LogP contribution in [0, 0.1) is 5.92 Å². The van der Waals surface area contributed by atoms with Gasteiger partial charge in [0, 0.05) is 6.54 Å². The molecule has 0 aromatic heterocycles. The maximum absolute atomic E-state index is 5.32. The van der Waals surface area contributed by atoms with Gasteiger partial charge in [-0.05, 0) is 25.2 Å². The van der Waals surface area contributed by atoms with Crippen molar-refractivity contribution in [3.63, 3.8) is 0 Å². The number of hydrogen-bond donors (Lipinski definition) is 2. The average molecular weight is 204 g/mol. The molecule has 0 saturated heterocycles. The third-order valence-electron chi connectivity index (χ3n) is 2.14. The van der Waals surface area contributed by atoms with Gasteiger partial charge in [-0.1, -0.05) is 20.3 Å². The smallest absolute Gasteiger partial charge is 0.176 e. The highest BCUT2D eigenvalue weighted by atomic mass is 32.1. The third-order valence-corrected chi connectivity index (χ3v) is 2.51. The molecular weight excluding hydrogens is 184 g/mol. The number of nitrogens with two attached hydrogens (primary N) is 1. The molecule has 0 aromatic carbocycles. The molecule has 0 spiro atoms. The highest BCUT2D eigenvalue weighted by Gasteiger charge is 2.19. The zero-order valence-electron chi connectivity index (χ0n) is 8.67. The predicted octanol–water partition coefficient (Wildman–Crippen LogP) is 0.923. The van der Waals surface area contributed by atoms with E-state index in [1.54, 1.807) is 0 Å². The molecule has 0 saturated carbocycles. The first-order valence-corrected chi connectivity index (χ1v) is 5.12. The van der Waals surface area contributed by atoms with E-state index in [4.69, 9.17) is 22.7 Å². The topological polar surface area (TPSA) is 47.3 Å². The van der Waals surface area contributed by atoms with Crippen LogP contribution < -0.4 is 11.1 Å². The molecule has 4 heteroatoms. The van der Waals surface area contributed by atoms with Crippen LogP contribution in [0.25, 0.3) is 0 Å². The molecule has 13 heavy (non-hydrogen) atoms. The standard InChI is InChI=1S/C9H20N2OS/c1-4-7(2)8(11-3)9(13)12-6-5-10/h7-8,11H,4-6,10H2,1-3H3/t7-,8-/m0/s1. The third kappa shape index (κ3) is 4.55. The highest BCUT2D eigenvalue weighted by molar-refractivity contribution is 7.80. The number of likely N-dealkylation sites (N-methyl/N-ethyl adjacent to an activating group) is 1. The minimum Gasteiger partial charge on any atom is -0.484 e. The zero-order valence-corrected chi connectivity index (χ0v) is 9.49. The second-order valence-electron chi connectivity index (χ2n) is 3.11. The summed E-state index contributed by atoms with van der Waals surface area (Å²) in [4.78, 5) is 0. The molecule has 3 nitrogen and oxygen atoms in total. The lowest BCUT2D eigenvalue weighted by atomic mass is 10.0. The molecule has 0 heterocycles. The van der Waals surface area contributed by atoms with Crippen molar-refractivity contribution in [3.05, 3.63) is 0 Å². The summed E-state index contributed by atoms with van der Waals surface area (Å²) < 4.78 is 5.31. The normalized spacial score (nSPS) is 15.1. The van der Waals surface area contributed by atoms with Crippen molar-refractivity contribution in [3.8, 4) is 0 Å². The minimum absolute atomic E-state index is 0.159. The zero-order chi connectivity index (χ0) is 10.3. The average Bonchev–Trinajstić information content (AvgIpc) is 2.15. The van der Waals surface area contributed by atoms with Gasteiger partial charge in [0.15, 0.2) is 5.05 Å². The number of hydrogen-bond acceptors (Lipinski definition) is 4. The van der Waals surface area contributed by atoms with Gasteiger partial charge in [-0.25, -0.2) is 0 Å². The van der Waals surface area contributed by atoms with Gasteiger partial charge in [-0.3, -0.25) is 0 Å². The molecule has 78 valence electrons. The Hall–Kier alpha value is -0.190. The summed E-state index contributed by atoms with van der Waals surface area (Å²) in [5, 5.41) is 3.78. The molecule has 0 rings (SSSR count). The van der Waals surface area contributed by atoms with Crippen molar-refractivity contribution >= 4 is 17.3 Å². The van der Waals surface area contributed by atoms with Gasteiger partial charge in [-0.2, -0.15) is 0 Å². The van der Waals surface area contributed by atoms with Gasteiger partial charge >= 0.3 is 0 Å². The fraction of sp³-hybridized carbons (Fsp3) is 0.889. The molecule has 0 aromatic rings. The first-order chi connectivity index (χ1) is 6.17. The van der Waals surface area contributed by atoms with Gasteiger partial charge in [0.25, 0.3) is 0 Å². The highest BCUT2D eigenvalue weighted by Crippen LogP contribution is 2.09. The number of nitrogens with one attached hydrogen (secondary N) is 1. The van der Waals surface area contributed by atoms with Gasteiger partial charge < -0.3 is 15.8 Å². The van der Waals surface area contributed by atoms with Crippen molar-refractivity contribution in [2.24, 2.45) is 11.7 Å². The molecule has 0 radical (unpaired) electrons. The second-order valence-corrected chi connectivity index (χ2v) is 3.51. The molecule has 0 aliphatic rings. The summed E-state index contributed by atoms with van der Waals surface area (Å²) in [6.07, 6.45) is 1.08. The largest absolute Gasteiger partial charge is 0.484 e. The van der Waals surface area contributed by atoms with Crippen LogP contribution in [0.1, 0.15) is 20.3 Å². The molecule has 0 aliphatic heterocycles. The lowest BCUT2D eigenvalue weighted by Gasteiger charge is -2.22. The SMILES string of the molecule is CC[C@H](C)[C@H](NC)C(=S)OCCN. The fourth-order valence-corrected chi connectivity index (χ4v) is 1.55. The van der Waals surface area contributed by atoms with Crippen molar-refractivity contribution in [1.29, 1.82) is 0 Å². The quantitative estimate of drug-likeness (QED) is 0.632. The van der Waals surface area contributed by atoms with E-state index in [1.807, 2.05) is 7.05 Å². The molecule has 0 fully saturated rings. The second kappa shape index (κ2) is 7.24. The Labute approximate surface area is 86.0 Å². The maximum Gasteiger partial charge on any atom is 0.176 e. The van der Waals surface area contributed by atoms with Crippen molar-refractivity contribution in [2.75, 3.05) is 20.2 Å². The van der Waals surface area contributed by atoms with Crippen LogP contribution in [0.3, 0.4) is 0 Å². The monoisotopic (exact) mass is 204 g/mol. The summed E-state index contributed by atoms with van der Waals surface area (Å²) in [7, 11) is 1.90. The minimum atomic E-state index is 0.159. The molecule has 2 atom stereocenters. The summed E-state index contributed by atoms with van der Waals surface area (Å²) in [5.74, 6) is 0.496. The van der Waals surface area contributed by atoms with E-state index < -0.39 is 0 Å². The molecule has 0 unspecified atom stereocenters. The van der Waals surface area contributed by atoms with E-state index in [2.05, 4.69) is 19.2 Å². The summed E-state index contributed by atoms with van der Waals surface area (Å²) >= 11 is 5.14. The molecular formula is C9H20N2OS. The Balaban J connectivity index is 3.99. The van der Waals surface area contributed by atoms with Crippen LogP contribution in [-0.2, 0) is 4.74 Å². The Morgan fingerprint density at radius 3 is 2.62 bits per heavy atom. The molecule has 0 amide bonds. The van der Waals surface area contributed by atoms with E-state index in [0.29, 0.717) is 24.1 Å². The number of ether oxygens (including phenoxy) is 1. The number of rotatable bonds is 6. The van der Waals surface area contributed by atoms with Gasteiger partial charge in [0.1, 0.15) is 6.61 Å². The Kier molecular flexibility index (Phi) is 7.13. The van der Waals surface area contributed by atoms with Crippen LogP contribution in [0.4, 0.5) is 0 Å². The van der Waals surface area contributed by atoms with Gasteiger partial charge in [0.05, 0.1) is 6.04 Å². The van der Waals surface area contributed by atoms with Crippen molar-refractivity contribution < 1.29 is 4.74 Å². The van der Waals surface area contributed by atoms with Crippen LogP contribution in [0.5, 0.6) is 0 Å². The first-order valence-electron chi connectivity index (χ1n) is 4.71. The van der Waals surface area contributed by atoms with E-state index >= 15 is 0 Å². The molecule has 0 aliphatic carbocycles. The van der Waals surface area contributed by atoms with Crippen LogP contribution in [-0.4, -0.2) is 31.3 Å². The maximum atomic E-state index is 5.32. The lowest BCUT2D eigenvalue weighted by Crippen LogP contribution is -2.40. The first kappa shape index (κ1) is 12.8. The number of thiocarbonyl (C=S) groups is 1. The van der Waals surface area contributed by atoms with Gasteiger partial charge in [0.2, 0.25) is 0 Å². The predicted molar refractivity (Wildman–Crippen MR) is 59.9 cm³/mol. The fourth-order valence-electron chi connectivity index (χ4n) is 1.12. The van der Waals surface area contributed by atoms with Crippen LogP contribution in [0.2, 0.25) is 0 Å². The van der Waals surface area contributed by atoms with E-state index in [9.17, 15) is 0 Å². The van der Waals surface area contributed by atoms with E-state index in [0.717, 1.165) is 6.42 Å². The van der Waals surface area contributed by atoms with Gasteiger partial charge in [-0.15, -0.1) is 0 Å². The van der Waals surface area contributed by atoms with Crippen LogP contribution in [0.15, 0.2) is 0 Å². The molecule has 3 N–H and O–H groups in total. The van der Waals surface area contributed by atoms with Crippen molar-refractivity contribution in [1.82, 2.24) is 5.32 Å². The summed E-state index contributed by atoms with van der Waals surface area (Å²) in [6, 6.07) is 0.159. The van der Waals surface area contributed by atoms with Crippen LogP contribution >= 0.6 is 12.2 Å². The molecule has 0 bridgehead atoms. The van der Waals surface area contributed by atoms with Crippen molar-refractivity contribution in [2.45, 2.75) is 26.3 Å². The summed E-state index contributed by atoms with van der Waals surface area (Å²) in [5.41, 5.74) is 5.32. The lowest BCUT2D eigenvalue weighted by molar-refractivity contribution is 0.289. The van der Waals surface area contributed by atoms with E-state index in [1.165, 1.54) is 0 Å². The Morgan fingerprint density at radius 1 is 1.62 bits per heavy atom.